The predicted octanol–water partition coefficient (Wildman–Crippen LogP) is 1.05. The molecule has 0 aliphatic carbocycles. The van der Waals surface area contributed by atoms with Crippen LogP contribution in [0, 0.1) is 11.3 Å². The normalized spacial score (nSPS) is 11.9. The summed E-state index contributed by atoms with van der Waals surface area (Å²) in [4.78, 5) is 11.6. The molecule has 17 heavy (non-hydrogen) atoms. The Morgan fingerprint density at radius 2 is 2.47 bits per heavy atom. The van der Waals surface area contributed by atoms with Crippen LogP contribution in [0.1, 0.15) is 25.3 Å². The Labute approximate surface area is 100 Å². The van der Waals surface area contributed by atoms with Gasteiger partial charge in [0.2, 0.25) is 5.91 Å². The van der Waals surface area contributed by atoms with Crippen LogP contribution in [-0.2, 0) is 16.6 Å². The van der Waals surface area contributed by atoms with Gasteiger partial charge in [-0.2, -0.15) is 10.4 Å². The van der Waals surface area contributed by atoms with Crippen molar-refractivity contribution in [3.63, 3.8) is 0 Å². The van der Waals surface area contributed by atoms with Gasteiger partial charge in [0.25, 0.3) is 0 Å². The zero-order chi connectivity index (χ0) is 12.8. The fraction of sp³-hybridized carbons (Fsp3) is 0.545. The number of carbonyl (C=O) groups excluding carboxylic acids is 1. The lowest BCUT2D eigenvalue weighted by Gasteiger charge is -2.09. The number of nitrogens with one attached hydrogen (secondary N) is 1. The van der Waals surface area contributed by atoms with E-state index in [-0.39, 0.29) is 12.0 Å². The van der Waals surface area contributed by atoms with E-state index in [2.05, 4.69) is 10.4 Å². The molecule has 0 saturated carbocycles. The lowest BCUT2D eigenvalue weighted by atomic mass is 10.2. The van der Waals surface area contributed by atoms with Crippen molar-refractivity contribution in [2.45, 2.75) is 25.9 Å². The number of nitrogens with zero attached hydrogens (tertiary/aromatic N) is 3. The van der Waals surface area contributed by atoms with Gasteiger partial charge in [0, 0.05) is 20.6 Å². The number of methoxy groups -OCH3 is 1. The molecule has 1 N–H and O–H groups in total. The summed E-state index contributed by atoms with van der Waals surface area (Å²) in [6, 6.07) is 1.98. The average molecular weight is 236 g/mol. The third-order valence-electron chi connectivity index (χ3n) is 2.50. The summed E-state index contributed by atoms with van der Waals surface area (Å²) in [5, 5.41) is 15.4. The summed E-state index contributed by atoms with van der Waals surface area (Å²) in [6.45, 7) is 1.90. The Hall–Kier alpha value is -1.87. The molecule has 1 aromatic rings. The summed E-state index contributed by atoms with van der Waals surface area (Å²) in [7, 11) is 3.28. The van der Waals surface area contributed by atoms with Crippen LogP contribution in [0.5, 0.6) is 0 Å². The maximum Gasteiger partial charge on any atom is 0.225 e. The topological polar surface area (TPSA) is 79.9 Å². The van der Waals surface area contributed by atoms with Crippen molar-refractivity contribution in [3.8, 4) is 6.07 Å². The van der Waals surface area contributed by atoms with Crippen LogP contribution in [0.3, 0.4) is 0 Å². The smallest absolute Gasteiger partial charge is 0.225 e. The lowest BCUT2D eigenvalue weighted by Crippen LogP contribution is -2.17. The van der Waals surface area contributed by atoms with Gasteiger partial charge in [-0.25, -0.2) is 0 Å². The number of carbonyl (C=O) groups is 1. The van der Waals surface area contributed by atoms with Crippen LogP contribution in [0.2, 0.25) is 0 Å². The summed E-state index contributed by atoms with van der Waals surface area (Å²) in [5.41, 5.74) is 0.362. The maximum absolute atomic E-state index is 11.6. The van der Waals surface area contributed by atoms with Crippen molar-refractivity contribution < 1.29 is 9.53 Å². The molecule has 6 nitrogen and oxygen atoms in total. The second-order valence-electron chi connectivity index (χ2n) is 3.78. The molecule has 0 aliphatic rings. The number of anilines is 1. The van der Waals surface area contributed by atoms with Gasteiger partial charge in [0.05, 0.1) is 12.3 Å². The number of aryl methyl sites for hydroxylation is 1. The van der Waals surface area contributed by atoms with Crippen LogP contribution in [0.4, 0.5) is 5.82 Å². The van der Waals surface area contributed by atoms with E-state index in [4.69, 9.17) is 10.00 Å². The highest BCUT2D eigenvalue weighted by atomic mass is 16.5. The van der Waals surface area contributed by atoms with E-state index in [1.807, 2.05) is 13.0 Å². The molecule has 0 fully saturated rings. The van der Waals surface area contributed by atoms with E-state index in [9.17, 15) is 4.79 Å². The fourth-order valence-corrected chi connectivity index (χ4v) is 1.31. The molecule has 0 spiro atoms. The fourth-order valence-electron chi connectivity index (χ4n) is 1.31. The first-order valence-electron chi connectivity index (χ1n) is 5.33. The first-order chi connectivity index (χ1) is 8.08. The molecular weight excluding hydrogens is 220 g/mol. The second-order valence-corrected chi connectivity index (χ2v) is 3.78. The average Bonchev–Trinajstić information content (AvgIpc) is 2.67. The molecule has 1 rings (SSSR count). The number of hydrogen-bond donors (Lipinski definition) is 1. The van der Waals surface area contributed by atoms with Crippen LogP contribution >= 0.6 is 0 Å². The van der Waals surface area contributed by atoms with Crippen molar-refractivity contribution in [1.29, 1.82) is 5.26 Å². The van der Waals surface area contributed by atoms with Gasteiger partial charge >= 0.3 is 0 Å². The van der Waals surface area contributed by atoms with Crippen molar-refractivity contribution >= 4 is 11.7 Å². The number of amides is 1. The molecule has 0 aromatic carbocycles. The minimum Gasteiger partial charge on any atom is -0.382 e. The molecule has 0 radical (unpaired) electrons. The molecule has 1 heterocycles. The Morgan fingerprint density at radius 3 is 3.06 bits per heavy atom. The van der Waals surface area contributed by atoms with E-state index >= 15 is 0 Å². The maximum atomic E-state index is 11.6. The molecule has 1 atom stereocenters. The van der Waals surface area contributed by atoms with E-state index < -0.39 is 0 Å². The number of hydrogen-bond acceptors (Lipinski definition) is 4. The predicted molar refractivity (Wildman–Crippen MR) is 62.3 cm³/mol. The van der Waals surface area contributed by atoms with Crippen LogP contribution in [-0.4, -0.2) is 28.9 Å². The van der Waals surface area contributed by atoms with Crippen molar-refractivity contribution in [2.75, 3.05) is 12.4 Å². The first-order valence-corrected chi connectivity index (χ1v) is 5.33. The standard InChI is InChI=1S/C11H16N4O2/c1-8(17-3)4-5-10(16)14-11-9(6-12)7-13-15(11)2/h7-8H,4-5H2,1-3H3,(H,14,16). The zero-order valence-corrected chi connectivity index (χ0v) is 10.2. The van der Waals surface area contributed by atoms with Gasteiger partial charge in [0.1, 0.15) is 17.5 Å². The monoisotopic (exact) mass is 236 g/mol. The third-order valence-corrected chi connectivity index (χ3v) is 2.50. The molecular formula is C11H16N4O2. The highest BCUT2D eigenvalue weighted by molar-refractivity contribution is 5.91. The SMILES string of the molecule is COC(C)CCC(=O)Nc1c(C#N)cnn1C. The molecule has 6 heteroatoms. The number of rotatable bonds is 5. The van der Waals surface area contributed by atoms with E-state index in [1.165, 1.54) is 10.9 Å². The Bertz CT molecular complexity index is 433. The van der Waals surface area contributed by atoms with Gasteiger partial charge < -0.3 is 10.1 Å². The van der Waals surface area contributed by atoms with E-state index in [1.54, 1.807) is 14.2 Å². The minimum absolute atomic E-state index is 0.0442. The van der Waals surface area contributed by atoms with Gasteiger partial charge in [-0.15, -0.1) is 0 Å². The molecule has 1 aromatic heterocycles. The minimum atomic E-state index is -0.144. The van der Waals surface area contributed by atoms with Crippen molar-refractivity contribution in [3.05, 3.63) is 11.8 Å². The summed E-state index contributed by atoms with van der Waals surface area (Å²) >= 11 is 0. The van der Waals surface area contributed by atoms with Gasteiger partial charge in [-0.3, -0.25) is 9.48 Å². The lowest BCUT2D eigenvalue weighted by molar-refractivity contribution is -0.116. The van der Waals surface area contributed by atoms with Gasteiger partial charge in [-0.05, 0) is 13.3 Å². The summed E-state index contributed by atoms with van der Waals surface area (Å²) in [5.74, 6) is 0.288. The molecule has 1 unspecified atom stereocenters. The van der Waals surface area contributed by atoms with E-state index in [0.29, 0.717) is 24.2 Å². The zero-order valence-electron chi connectivity index (χ0n) is 10.2. The van der Waals surface area contributed by atoms with Crippen molar-refractivity contribution in [2.24, 2.45) is 7.05 Å². The summed E-state index contributed by atoms with van der Waals surface area (Å²) < 4.78 is 6.52. The molecule has 92 valence electrons. The Morgan fingerprint density at radius 1 is 1.76 bits per heavy atom. The molecule has 1 amide bonds. The Balaban J connectivity index is 2.57. The quantitative estimate of drug-likeness (QED) is 0.828. The van der Waals surface area contributed by atoms with E-state index in [0.717, 1.165) is 0 Å². The molecule has 0 saturated heterocycles. The van der Waals surface area contributed by atoms with Crippen molar-refractivity contribution in [1.82, 2.24) is 9.78 Å². The molecule has 0 aliphatic heterocycles. The van der Waals surface area contributed by atoms with Crippen LogP contribution in [0.15, 0.2) is 6.20 Å². The van der Waals surface area contributed by atoms with Gasteiger partial charge in [-0.1, -0.05) is 0 Å². The largest absolute Gasteiger partial charge is 0.382 e. The number of aromatic nitrogens is 2. The number of nitriles is 1. The highest BCUT2D eigenvalue weighted by Crippen LogP contribution is 2.13. The second kappa shape index (κ2) is 6.01. The van der Waals surface area contributed by atoms with Crippen LogP contribution < -0.4 is 5.32 Å². The first kappa shape index (κ1) is 13.2. The molecule has 0 bridgehead atoms. The highest BCUT2D eigenvalue weighted by Gasteiger charge is 2.12. The third kappa shape index (κ3) is 3.57. The van der Waals surface area contributed by atoms with Crippen LogP contribution in [0.25, 0.3) is 0 Å². The number of ether oxygens (including phenoxy) is 1. The summed E-state index contributed by atoms with van der Waals surface area (Å²) in [6.07, 6.45) is 2.46. The Kier molecular flexibility index (Phi) is 4.67. The van der Waals surface area contributed by atoms with Gasteiger partial charge in [0.15, 0.2) is 0 Å².